The highest BCUT2D eigenvalue weighted by atomic mass is 16.5. The van der Waals surface area contributed by atoms with Crippen molar-refractivity contribution in [3.05, 3.63) is 0 Å². The van der Waals surface area contributed by atoms with Crippen LogP contribution in [0.2, 0.25) is 0 Å². The van der Waals surface area contributed by atoms with Crippen LogP contribution in [-0.4, -0.2) is 51.5 Å². The summed E-state index contributed by atoms with van der Waals surface area (Å²) in [6, 6.07) is 0.101. The molecule has 0 spiro atoms. The average Bonchev–Trinajstić information content (AvgIpc) is 2.71. The largest absolute Gasteiger partial charge is 0.382 e. The van der Waals surface area contributed by atoms with E-state index in [1.165, 1.54) is 0 Å². The van der Waals surface area contributed by atoms with Gasteiger partial charge in [0.25, 0.3) is 0 Å². The van der Waals surface area contributed by atoms with Crippen LogP contribution in [0, 0.1) is 0 Å². The molecule has 0 saturated carbocycles. The highest BCUT2D eigenvalue weighted by molar-refractivity contribution is 5.76. The van der Waals surface area contributed by atoms with E-state index in [0.29, 0.717) is 19.6 Å². The van der Waals surface area contributed by atoms with Gasteiger partial charge >= 0.3 is 0 Å². The summed E-state index contributed by atoms with van der Waals surface area (Å²) in [6.07, 6.45) is 1.39. The van der Waals surface area contributed by atoms with Crippen molar-refractivity contribution in [2.24, 2.45) is 0 Å². The van der Waals surface area contributed by atoms with Crippen LogP contribution in [0.1, 0.15) is 19.8 Å². The molecule has 16 heavy (non-hydrogen) atoms. The molecule has 1 aliphatic rings. The van der Waals surface area contributed by atoms with Crippen molar-refractivity contribution in [3.8, 4) is 0 Å². The van der Waals surface area contributed by atoms with Crippen LogP contribution >= 0.6 is 0 Å². The van der Waals surface area contributed by atoms with Gasteiger partial charge in [-0.05, 0) is 13.3 Å². The van der Waals surface area contributed by atoms with Gasteiger partial charge in [-0.1, -0.05) is 0 Å². The molecule has 1 amide bonds. The first-order chi connectivity index (χ1) is 7.77. The van der Waals surface area contributed by atoms with Crippen LogP contribution in [0.4, 0.5) is 0 Å². The van der Waals surface area contributed by atoms with E-state index < -0.39 is 0 Å². The van der Waals surface area contributed by atoms with E-state index in [1.807, 2.05) is 6.92 Å². The lowest BCUT2D eigenvalue weighted by atomic mass is 10.2. The van der Waals surface area contributed by atoms with Gasteiger partial charge in [-0.2, -0.15) is 0 Å². The van der Waals surface area contributed by atoms with Gasteiger partial charge in [0, 0.05) is 39.8 Å². The minimum Gasteiger partial charge on any atom is -0.382 e. The van der Waals surface area contributed by atoms with Crippen LogP contribution in [0.3, 0.4) is 0 Å². The first-order valence-electron chi connectivity index (χ1n) is 5.88. The fourth-order valence-corrected chi connectivity index (χ4v) is 1.80. The summed E-state index contributed by atoms with van der Waals surface area (Å²) in [5.41, 5.74) is 0. The molecule has 1 rings (SSSR count). The zero-order valence-corrected chi connectivity index (χ0v) is 10.1. The van der Waals surface area contributed by atoms with Gasteiger partial charge in [0.2, 0.25) is 5.91 Å². The number of methoxy groups -OCH3 is 1. The lowest BCUT2D eigenvalue weighted by Gasteiger charge is -2.18. The summed E-state index contributed by atoms with van der Waals surface area (Å²) in [5, 5.41) is 6.17. The van der Waals surface area contributed by atoms with Crippen molar-refractivity contribution in [2.75, 3.05) is 33.4 Å². The van der Waals surface area contributed by atoms with Gasteiger partial charge in [-0.15, -0.1) is 0 Å². The lowest BCUT2D eigenvalue weighted by molar-refractivity contribution is -0.122. The maximum atomic E-state index is 11.6. The van der Waals surface area contributed by atoms with Crippen LogP contribution in [-0.2, 0) is 14.3 Å². The van der Waals surface area contributed by atoms with Crippen LogP contribution in [0.25, 0.3) is 0 Å². The Morgan fingerprint density at radius 1 is 1.50 bits per heavy atom. The van der Waals surface area contributed by atoms with Crippen LogP contribution in [0.15, 0.2) is 0 Å². The monoisotopic (exact) mass is 230 g/mol. The molecule has 1 saturated heterocycles. The van der Waals surface area contributed by atoms with Gasteiger partial charge in [-0.3, -0.25) is 4.79 Å². The Morgan fingerprint density at radius 2 is 2.31 bits per heavy atom. The Kier molecular flexibility index (Phi) is 6.37. The van der Waals surface area contributed by atoms with Gasteiger partial charge in [0.05, 0.1) is 12.1 Å². The highest BCUT2D eigenvalue weighted by Crippen LogP contribution is 2.04. The maximum Gasteiger partial charge on any atom is 0.220 e. The Bertz CT molecular complexity index is 211. The molecule has 5 heteroatoms. The number of rotatable bonds is 7. The fraction of sp³-hybridized carbons (Fsp3) is 0.909. The number of amides is 1. The molecule has 0 aromatic heterocycles. The molecule has 1 heterocycles. The Morgan fingerprint density at radius 3 is 3.00 bits per heavy atom. The molecule has 0 bridgehead atoms. The number of ether oxygens (including phenoxy) is 2. The predicted molar refractivity (Wildman–Crippen MR) is 61.3 cm³/mol. The van der Waals surface area contributed by atoms with Gasteiger partial charge in [0.1, 0.15) is 0 Å². The molecule has 0 radical (unpaired) electrons. The molecular weight excluding hydrogens is 208 g/mol. The summed E-state index contributed by atoms with van der Waals surface area (Å²) >= 11 is 0. The maximum absolute atomic E-state index is 11.6. The lowest BCUT2D eigenvalue weighted by Crippen LogP contribution is -2.43. The molecule has 94 valence electrons. The number of carbonyl (C=O) groups is 1. The molecule has 2 atom stereocenters. The third kappa shape index (κ3) is 4.47. The van der Waals surface area contributed by atoms with E-state index in [2.05, 4.69) is 10.6 Å². The SMILES string of the molecule is CCOCCCC(=O)NC1CNC[C@@H]1OC. The quantitative estimate of drug-likeness (QED) is 0.600. The topological polar surface area (TPSA) is 59.6 Å². The number of hydrogen-bond acceptors (Lipinski definition) is 4. The summed E-state index contributed by atoms with van der Waals surface area (Å²) in [7, 11) is 1.67. The Balaban J connectivity index is 2.13. The summed E-state index contributed by atoms with van der Waals surface area (Å²) in [5.74, 6) is 0.0791. The second-order valence-corrected chi connectivity index (χ2v) is 3.91. The molecular formula is C11H22N2O3. The third-order valence-electron chi connectivity index (χ3n) is 2.70. The Hall–Kier alpha value is -0.650. The van der Waals surface area contributed by atoms with E-state index in [1.54, 1.807) is 7.11 Å². The summed E-state index contributed by atoms with van der Waals surface area (Å²) < 4.78 is 10.4. The van der Waals surface area contributed by atoms with E-state index in [9.17, 15) is 4.79 Å². The molecule has 2 N–H and O–H groups in total. The van der Waals surface area contributed by atoms with Crippen LogP contribution in [0.5, 0.6) is 0 Å². The molecule has 5 nitrogen and oxygen atoms in total. The van der Waals surface area contributed by atoms with Crippen molar-refractivity contribution in [3.63, 3.8) is 0 Å². The Labute approximate surface area is 96.9 Å². The smallest absolute Gasteiger partial charge is 0.220 e. The van der Waals surface area contributed by atoms with E-state index in [0.717, 1.165) is 19.5 Å². The zero-order chi connectivity index (χ0) is 11.8. The number of hydrogen-bond donors (Lipinski definition) is 2. The zero-order valence-electron chi connectivity index (χ0n) is 10.1. The molecule has 0 aromatic rings. The predicted octanol–water partition coefficient (Wildman–Crippen LogP) is -0.0939. The van der Waals surface area contributed by atoms with Gasteiger partial charge in [-0.25, -0.2) is 0 Å². The minimum absolute atomic E-state index is 0.0791. The van der Waals surface area contributed by atoms with Gasteiger partial charge in [0.15, 0.2) is 0 Å². The van der Waals surface area contributed by atoms with Crippen LogP contribution < -0.4 is 10.6 Å². The van der Waals surface area contributed by atoms with Crippen molar-refractivity contribution < 1.29 is 14.3 Å². The van der Waals surface area contributed by atoms with Crippen molar-refractivity contribution in [1.82, 2.24) is 10.6 Å². The number of nitrogens with one attached hydrogen (secondary N) is 2. The standard InChI is InChI=1S/C11H22N2O3/c1-3-16-6-4-5-11(14)13-9-7-12-8-10(9)15-2/h9-10,12H,3-8H2,1-2H3,(H,13,14)/t9?,10-/m0/s1. The summed E-state index contributed by atoms with van der Waals surface area (Å²) in [4.78, 5) is 11.6. The van der Waals surface area contributed by atoms with Gasteiger partial charge < -0.3 is 20.1 Å². The van der Waals surface area contributed by atoms with Crippen molar-refractivity contribution >= 4 is 5.91 Å². The first kappa shape index (κ1) is 13.4. The molecule has 1 unspecified atom stereocenters. The molecule has 1 aliphatic heterocycles. The van der Waals surface area contributed by atoms with Crippen molar-refractivity contribution in [1.29, 1.82) is 0 Å². The second kappa shape index (κ2) is 7.60. The van der Waals surface area contributed by atoms with E-state index >= 15 is 0 Å². The average molecular weight is 230 g/mol. The molecule has 0 aromatic carbocycles. The third-order valence-corrected chi connectivity index (χ3v) is 2.70. The van der Waals surface area contributed by atoms with E-state index in [-0.39, 0.29) is 18.1 Å². The van der Waals surface area contributed by atoms with Crippen molar-refractivity contribution in [2.45, 2.75) is 31.9 Å². The molecule has 1 fully saturated rings. The van der Waals surface area contributed by atoms with E-state index in [4.69, 9.17) is 9.47 Å². The fourth-order valence-electron chi connectivity index (χ4n) is 1.80. The normalized spacial score (nSPS) is 24.6. The second-order valence-electron chi connectivity index (χ2n) is 3.91. The minimum atomic E-state index is 0.0791. The highest BCUT2D eigenvalue weighted by Gasteiger charge is 2.27. The first-order valence-corrected chi connectivity index (χ1v) is 5.88. The summed E-state index contributed by atoms with van der Waals surface area (Å²) in [6.45, 7) is 4.91. The molecule has 0 aliphatic carbocycles. The number of carbonyl (C=O) groups excluding carboxylic acids is 1.